The Bertz CT molecular complexity index is 1170. The van der Waals surface area contributed by atoms with E-state index >= 15 is 0 Å². The molecule has 1 aromatic carbocycles. The molecule has 1 aromatic rings. The second-order valence-corrected chi connectivity index (χ2v) is 14.5. The summed E-state index contributed by atoms with van der Waals surface area (Å²) in [6, 6.07) is 5.94. The Morgan fingerprint density at radius 3 is 2.54 bits per heavy atom. The number of nitrogens with zero attached hydrogens (tertiary/aromatic N) is 2. The van der Waals surface area contributed by atoms with Gasteiger partial charge in [0.15, 0.2) is 0 Å². The average Bonchev–Trinajstić information content (AvgIpc) is 3.08. The van der Waals surface area contributed by atoms with Crippen LogP contribution in [-0.4, -0.2) is 75.5 Å². The van der Waals surface area contributed by atoms with E-state index in [0.29, 0.717) is 25.0 Å². The van der Waals surface area contributed by atoms with Crippen molar-refractivity contribution in [3.63, 3.8) is 0 Å². The van der Waals surface area contributed by atoms with Gasteiger partial charge in [0.2, 0.25) is 17.7 Å². The standard InChI is InChI=1S/C31H46N4O5S/c1-8-23(34(7)29(39)40-30(2,3)4)26(36)33-22-16-17-41-24-18-31(5,6)25(35(24)28(22)38)27(37)32-21-15-11-13-19-12-9-10-14-20(19)21/h9-10,12,14,21-25H,8,11,13,15-18H2,1-7H3,(H,32,37)(H,33,36)/t21-,22+,23+,24+,25-/m1/s1. The van der Waals surface area contributed by atoms with E-state index in [2.05, 4.69) is 22.8 Å². The molecule has 4 amide bonds. The van der Waals surface area contributed by atoms with Gasteiger partial charge in [-0.05, 0) is 81.6 Å². The molecule has 2 N–H and O–H groups in total. The molecule has 2 aliphatic heterocycles. The zero-order valence-corrected chi connectivity index (χ0v) is 26.3. The Balaban J connectivity index is 1.51. The van der Waals surface area contributed by atoms with E-state index < -0.39 is 41.1 Å². The number of rotatable bonds is 6. The molecule has 0 saturated carbocycles. The molecule has 3 aliphatic rings. The number of carbonyl (C=O) groups is 4. The van der Waals surface area contributed by atoms with Crippen molar-refractivity contribution in [2.75, 3.05) is 12.8 Å². The van der Waals surface area contributed by atoms with Crippen LogP contribution in [0.25, 0.3) is 0 Å². The molecule has 1 aliphatic carbocycles. The van der Waals surface area contributed by atoms with Crippen LogP contribution in [-0.2, 0) is 25.5 Å². The fourth-order valence-electron chi connectivity index (χ4n) is 6.37. The maximum atomic E-state index is 14.1. The Morgan fingerprint density at radius 1 is 1.15 bits per heavy atom. The molecule has 0 aromatic heterocycles. The second kappa shape index (κ2) is 12.2. The first-order valence-corrected chi connectivity index (χ1v) is 15.9. The molecule has 0 spiro atoms. The molecule has 0 bridgehead atoms. The maximum Gasteiger partial charge on any atom is 0.410 e. The summed E-state index contributed by atoms with van der Waals surface area (Å²) in [5.74, 6) is -0.105. The number of likely N-dealkylation sites (N-methyl/N-ethyl adjacent to an activating group) is 1. The van der Waals surface area contributed by atoms with Crippen LogP contribution >= 0.6 is 11.8 Å². The molecule has 2 saturated heterocycles. The molecule has 9 nitrogen and oxygen atoms in total. The van der Waals surface area contributed by atoms with Crippen LogP contribution in [0.1, 0.15) is 90.8 Å². The minimum absolute atomic E-state index is 0.0822. The van der Waals surface area contributed by atoms with Gasteiger partial charge in [-0.1, -0.05) is 45.0 Å². The largest absolute Gasteiger partial charge is 0.444 e. The smallest absolute Gasteiger partial charge is 0.410 e. The van der Waals surface area contributed by atoms with Crippen molar-refractivity contribution in [1.82, 2.24) is 20.4 Å². The van der Waals surface area contributed by atoms with E-state index in [1.165, 1.54) is 17.5 Å². The highest BCUT2D eigenvalue weighted by molar-refractivity contribution is 7.99. The average molecular weight is 587 g/mol. The third-order valence-corrected chi connectivity index (χ3v) is 9.64. The number of amides is 4. The van der Waals surface area contributed by atoms with Crippen LogP contribution in [0.4, 0.5) is 4.79 Å². The molecule has 2 fully saturated rings. The van der Waals surface area contributed by atoms with Crippen LogP contribution in [0.15, 0.2) is 24.3 Å². The van der Waals surface area contributed by atoms with Crippen LogP contribution < -0.4 is 10.6 Å². The number of hydrogen-bond donors (Lipinski definition) is 2. The van der Waals surface area contributed by atoms with Crippen molar-refractivity contribution in [2.24, 2.45) is 5.41 Å². The first-order chi connectivity index (χ1) is 19.2. The van der Waals surface area contributed by atoms with Crippen molar-refractivity contribution in [3.05, 3.63) is 35.4 Å². The van der Waals surface area contributed by atoms with Gasteiger partial charge in [0.05, 0.1) is 11.4 Å². The summed E-state index contributed by atoms with van der Waals surface area (Å²) in [6.07, 6.45) is 3.80. The lowest BCUT2D eigenvalue weighted by Crippen LogP contribution is -2.58. The number of hydrogen-bond acceptors (Lipinski definition) is 6. The summed E-state index contributed by atoms with van der Waals surface area (Å²) in [7, 11) is 1.54. The minimum Gasteiger partial charge on any atom is -0.444 e. The zero-order valence-electron chi connectivity index (χ0n) is 25.5. The van der Waals surface area contributed by atoms with Crippen molar-refractivity contribution in [1.29, 1.82) is 0 Å². The Labute approximate surface area is 248 Å². The lowest BCUT2D eigenvalue weighted by Gasteiger charge is -2.36. The molecule has 4 rings (SSSR count). The summed E-state index contributed by atoms with van der Waals surface area (Å²) < 4.78 is 5.45. The maximum absolute atomic E-state index is 14.1. The number of aryl methyl sites for hydroxylation is 1. The predicted octanol–water partition coefficient (Wildman–Crippen LogP) is 4.40. The highest BCUT2D eigenvalue weighted by atomic mass is 32.2. The lowest BCUT2D eigenvalue weighted by molar-refractivity contribution is -0.144. The highest BCUT2D eigenvalue weighted by Crippen LogP contribution is 2.46. The molecular formula is C31H46N4O5S. The van der Waals surface area contributed by atoms with E-state index in [9.17, 15) is 19.2 Å². The Kier molecular flexibility index (Phi) is 9.31. The zero-order chi connectivity index (χ0) is 30.1. The van der Waals surface area contributed by atoms with Gasteiger partial charge in [0.1, 0.15) is 23.7 Å². The lowest BCUT2D eigenvalue weighted by atomic mass is 9.83. The summed E-state index contributed by atoms with van der Waals surface area (Å²) in [4.78, 5) is 57.1. The van der Waals surface area contributed by atoms with E-state index in [-0.39, 0.29) is 23.2 Å². The van der Waals surface area contributed by atoms with E-state index in [1.807, 2.05) is 32.9 Å². The predicted molar refractivity (Wildman–Crippen MR) is 160 cm³/mol. The monoisotopic (exact) mass is 586 g/mol. The van der Waals surface area contributed by atoms with Crippen molar-refractivity contribution in [3.8, 4) is 0 Å². The van der Waals surface area contributed by atoms with E-state index in [0.717, 1.165) is 24.8 Å². The van der Waals surface area contributed by atoms with Crippen LogP contribution in [0.3, 0.4) is 0 Å². The van der Waals surface area contributed by atoms with E-state index in [4.69, 9.17) is 4.74 Å². The van der Waals surface area contributed by atoms with Crippen LogP contribution in [0, 0.1) is 5.41 Å². The van der Waals surface area contributed by atoms with Gasteiger partial charge in [0.25, 0.3) is 0 Å². The van der Waals surface area contributed by atoms with Gasteiger partial charge in [-0.3, -0.25) is 19.3 Å². The first-order valence-electron chi connectivity index (χ1n) is 14.8. The number of thioether (sulfide) groups is 1. The van der Waals surface area contributed by atoms with Gasteiger partial charge < -0.3 is 20.3 Å². The third kappa shape index (κ3) is 6.84. The van der Waals surface area contributed by atoms with Gasteiger partial charge in [0, 0.05) is 7.05 Å². The number of fused-ring (bicyclic) bond motifs is 2. The van der Waals surface area contributed by atoms with Gasteiger partial charge in [-0.2, -0.15) is 0 Å². The second-order valence-electron chi connectivity index (χ2n) is 13.2. The number of benzene rings is 1. The molecule has 0 unspecified atom stereocenters. The Hall–Kier alpha value is -2.75. The van der Waals surface area contributed by atoms with Crippen molar-refractivity contribution in [2.45, 2.75) is 115 Å². The van der Waals surface area contributed by atoms with E-state index in [1.54, 1.807) is 37.4 Å². The fourth-order valence-corrected chi connectivity index (χ4v) is 7.95. The molecule has 10 heteroatoms. The highest BCUT2D eigenvalue weighted by Gasteiger charge is 2.54. The summed E-state index contributed by atoms with van der Waals surface area (Å²) in [5.41, 5.74) is 1.29. The first kappa shape index (κ1) is 31.2. The SMILES string of the molecule is CC[C@@H](C(=O)N[C@H]1CCS[C@H]2CC(C)(C)[C@@H](C(=O)N[C@@H]3CCCc4ccccc43)N2C1=O)N(C)C(=O)OC(C)(C)C. The number of ether oxygens (including phenoxy) is 1. The summed E-state index contributed by atoms with van der Waals surface area (Å²) in [5, 5.41) is 6.08. The number of nitrogens with one attached hydrogen (secondary N) is 2. The van der Waals surface area contributed by atoms with Gasteiger partial charge in [-0.15, -0.1) is 11.8 Å². The molecule has 0 radical (unpaired) electrons. The molecule has 41 heavy (non-hydrogen) atoms. The molecule has 2 heterocycles. The third-order valence-electron chi connectivity index (χ3n) is 8.39. The fraction of sp³-hybridized carbons (Fsp3) is 0.677. The van der Waals surface area contributed by atoms with Crippen LogP contribution in [0.5, 0.6) is 0 Å². The molecule has 226 valence electrons. The molecular weight excluding hydrogens is 540 g/mol. The van der Waals surface area contributed by atoms with Gasteiger partial charge >= 0.3 is 6.09 Å². The molecule has 5 atom stereocenters. The normalized spacial score (nSPS) is 26.2. The number of carbonyl (C=O) groups excluding carboxylic acids is 4. The van der Waals surface area contributed by atoms with Gasteiger partial charge in [-0.25, -0.2) is 4.79 Å². The summed E-state index contributed by atoms with van der Waals surface area (Å²) in [6.45, 7) is 11.2. The Morgan fingerprint density at radius 2 is 1.85 bits per heavy atom. The van der Waals surface area contributed by atoms with Crippen molar-refractivity contribution < 1.29 is 23.9 Å². The minimum atomic E-state index is -0.787. The summed E-state index contributed by atoms with van der Waals surface area (Å²) >= 11 is 1.67. The topological polar surface area (TPSA) is 108 Å². The van der Waals surface area contributed by atoms with Crippen molar-refractivity contribution >= 4 is 35.6 Å². The quantitative estimate of drug-likeness (QED) is 0.512. The van der Waals surface area contributed by atoms with Crippen LogP contribution in [0.2, 0.25) is 0 Å².